The second kappa shape index (κ2) is 10.6. The number of aromatic nitrogens is 2. The lowest BCUT2D eigenvalue weighted by atomic mass is 9.89. The van der Waals surface area contributed by atoms with Gasteiger partial charge in [-0.2, -0.15) is 5.10 Å². The molecule has 192 valence electrons. The summed E-state index contributed by atoms with van der Waals surface area (Å²) in [7, 11) is 8.93. The SMILES string of the molecule is [B]c1ccc(-c2c(C(=O)NCc3ccc(OC)cc3OC)cnn2C2CCC3(CC2)OCCO3)c(F)c1. The Kier molecular flexibility index (Phi) is 7.21. The zero-order valence-electron chi connectivity index (χ0n) is 21.0. The molecule has 5 rings (SSSR count). The summed E-state index contributed by atoms with van der Waals surface area (Å²) in [6.45, 7) is 1.40. The quantitative estimate of drug-likeness (QED) is 0.497. The second-order valence-electron chi connectivity index (χ2n) is 9.29. The van der Waals surface area contributed by atoms with Gasteiger partial charge in [0.1, 0.15) is 25.2 Å². The predicted molar refractivity (Wildman–Crippen MR) is 136 cm³/mol. The standard InChI is InChI=1S/C27H29BFN3O5/c1-34-20-5-3-17(24(14-20)35-2)15-30-26(33)22-16-31-32(25(22)21-6-4-18(28)13-23(21)29)19-7-9-27(10-8-19)36-11-12-37-27/h3-6,13-14,16,19H,7-12,15H2,1-2H3,(H,30,33). The maximum atomic E-state index is 15.1. The fourth-order valence-electron chi connectivity index (χ4n) is 5.14. The van der Waals surface area contributed by atoms with Crippen LogP contribution in [0.1, 0.15) is 47.6 Å². The smallest absolute Gasteiger partial charge is 0.255 e. The lowest BCUT2D eigenvalue weighted by Gasteiger charge is -2.36. The van der Waals surface area contributed by atoms with Crippen molar-refractivity contribution in [2.45, 2.75) is 44.1 Å². The average molecular weight is 505 g/mol. The first kappa shape index (κ1) is 25.3. The molecule has 1 aromatic heterocycles. The van der Waals surface area contributed by atoms with Crippen LogP contribution in [-0.2, 0) is 16.0 Å². The highest BCUT2D eigenvalue weighted by Crippen LogP contribution is 2.42. The maximum absolute atomic E-state index is 15.1. The van der Waals surface area contributed by atoms with Crippen molar-refractivity contribution in [2.75, 3.05) is 27.4 Å². The Balaban J connectivity index is 1.43. The molecule has 2 radical (unpaired) electrons. The molecule has 2 aromatic carbocycles. The fraction of sp³-hybridized carbons (Fsp3) is 0.407. The first-order valence-electron chi connectivity index (χ1n) is 12.3. The van der Waals surface area contributed by atoms with Crippen LogP contribution in [0, 0.1) is 5.82 Å². The highest BCUT2D eigenvalue weighted by Gasteiger charge is 2.41. The largest absolute Gasteiger partial charge is 0.497 e. The zero-order valence-corrected chi connectivity index (χ0v) is 21.0. The molecule has 10 heteroatoms. The summed E-state index contributed by atoms with van der Waals surface area (Å²) < 4.78 is 39.3. The third-order valence-electron chi connectivity index (χ3n) is 7.10. The maximum Gasteiger partial charge on any atom is 0.255 e. The molecule has 8 nitrogen and oxygen atoms in total. The number of halogens is 1. The van der Waals surface area contributed by atoms with Gasteiger partial charge in [0.05, 0.1) is 50.9 Å². The molecule has 1 N–H and O–H groups in total. The van der Waals surface area contributed by atoms with Gasteiger partial charge >= 0.3 is 0 Å². The summed E-state index contributed by atoms with van der Waals surface area (Å²) in [5.74, 6) is -0.175. The van der Waals surface area contributed by atoms with Crippen molar-refractivity contribution < 1.29 is 28.1 Å². The van der Waals surface area contributed by atoms with Crippen molar-refractivity contribution in [3.8, 4) is 22.8 Å². The Morgan fingerprint density at radius 2 is 1.92 bits per heavy atom. The molecule has 1 saturated heterocycles. The van der Waals surface area contributed by atoms with E-state index >= 15 is 4.39 Å². The minimum absolute atomic E-state index is 0.0337. The Bertz CT molecular complexity index is 1280. The van der Waals surface area contributed by atoms with Crippen LogP contribution in [0.5, 0.6) is 11.5 Å². The van der Waals surface area contributed by atoms with Crippen molar-refractivity contribution in [3.05, 3.63) is 59.5 Å². The van der Waals surface area contributed by atoms with Gasteiger partial charge < -0.3 is 24.3 Å². The van der Waals surface area contributed by atoms with E-state index < -0.39 is 11.6 Å². The van der Waals surface area contributed by atoms with Crippen LogP contribution < -0.4 is 20.3 Å². The molecule has 3 aromatic rings. The van der Waals surface area contributed by atoms with E-state index in [0.717, 1.165) is 18.4 Å². The van der Waals surface area contributed by atoms with E-state index in [1.54, 1.807) is 43.2 Å². The Morgan fingerprint density at radius 3 is 2.59 bits per heavy atom. The molecule has 1 aliphatic carbocycles. The predicted octanol–water partition coefficient (Wildman–Crippen LogP) is 3.29. The summed E-state index contributed by atoms with van der Waals surface area (Å²) in [6, 6.07) is 9.81. The van der Waals surface area contributed by atoms with Crippen LogP contribution in [0.2, 0.25) is 0 Å². The van der Waals surface area contributed by atoms with Crippen molar-refractivity contribution in [1.29, 1.82) is 0 Å². The van der Waals surface area contributed by atoms with Gasteiger partial charge in [0.15, 0.2) is 5.79 Å². The lowest BCUT2D eigenvalue weighted by Crippen LogP contribution is -2.36. The van der Waals surface area contributed by atoms with Gasteiger partial charge in [-0.1, -0.05) is 17.6 Å². The number of nitrogens with one attached hydrogen (secondary N) is 1. The van der Waals surface area contributed by atoms with Gasteiger partial charge in [-0.3, -0.25) is 9.48 Å². The van der Waals surface area contributed by atoms with Crippen molar-refractivity contribution >= 4 is 19.2 Å². The molecule has 0 bridgehead atoms. The van der Waals surface area contributed by atoms with E-state index in [0.29, 0.717) is 48.7 Å². The molecular formula is C27H29BFN3O5. The van der Waals surface area contributed by atoms with Gasteiger partial charge in [0.2, 0.25) is 0 Å². The molecule has 2 fully saturated rings. The number of nitrogens with zero attached hydrogens (tertiary/aromatic N) is 2. The number of carbonyl (C=O) groups is 1. The third-order valence-corrected chi connectivity index (χ3v) is 7.10. The minimum atomic E-state index is -0.534. The Morgan fingerprint density at radius 1 is 1.16 bits per heavy atom. The van der Waals surface area contributed by atoms with Gasteiger partial charge in [-0.15, -0.1) is 0 Å². The summed E-state index contributed by atoms with van der Waals surface area (Å²) in [6.07, 6.45) is 4.38. The number of carbonyl (C=O) groups excluding carboxylic acids is 1. The van der Waals surface area contributed by atoms with Crippen molar-refractivity contribution in [1.82, 2.24) is 15.1 Å². The van der Waals surface area contributed by atoms with E-state index in [-0.39, 0.29) is 29.6 Å². The molecule has 1 aliphatic heterocycles. The summed E-state index contributed by atoms with van der Waals surface area (Å²) in [4.78, 5) is 13.4. The van der Waals surface area contributed by atoms with Crippen LogP contribution in [0.4, 0.5) is 4.39 Å². The molecule has 0 unspecified atom stereocenters. The van der Waals surface area contributed by atoms with Crippen LogP contribution >= 0.6 is 0 Å². The number of benzene rings is 2. The average Bonchev–Trinajstić information content (AvgIpc) is 3.55. The van der Waals surface area contributed by atoms with Crippen molar-refractivity contribution in [3.63, 3.8) is 0 Å². The molecule has 0 atom stereocenters. The topological polar surface area (TPSA) is 83.8 Å². The van der Waals surface area contributed by atoms with Gasteiger partial charge in [0.25, 0.3) is 5.91 Å². The molecule has 1 amide bonds. The highest BCUT2D eigenvalue weighted by molar-refractivity contribution is 6.32. The number of ether oxygens (including phenoxy) is 4. The van der Waals surface area contributed by atoms with E-state index in [9.17, 15) is 4.79 Å². The van der Waals surface area contributed by atoms with Crippen LogP contribution in [0.15, 0.2) is 42.6 Å². The molecular weight excluding hydrogens is 476 g/mol. The number of hydrogen-bond acceptors (Lipinski definition) is 6. The lowest BCUT2D eigenvalue weighted by molar-refractivity contribution is -0.181. The molecule has 2 heterocycles. The molecule has 1 spiro atoms. The van der Waals surface area contributed by atoms with E-state index in [1.165, 1.54) is 12.3 Å². The number of hydrogen-bond donors (Lipinski definition) is 1. The van der Waals surface area contributed by atoms with Crippen LogP contribution in [-0.4, -0.2) is 56.8 Å². The number of amides is 1. The number of rotatable bonds is 7. The first-order valence-corrected chi connectivity index (χ1v) is 12.3. The monoisotopic (exact) mass is 505 g/mol. The summed E-state index contributed by atoms with van der Waals surface area (Å²) in [5.41, 5.74) is 2.06. The zero-order chi connectivity index (χ0) is 26.0. The Labute approximate surface area is 216 Å². The van der Waals surface area contributed by atoms with E-state index in [1.807, 2.05) is 6.07 Å². The molecule has 37 heavy (non-hydrogen) atoms. The fourth-order valence-corrected chi connectivity index (χ4v) is 5.14. The second-order valence-corrected chi connectivity index (χ2v) is 9.29. The minimum Gasteiger partial charge on any atom is -0.497 e. The van der Waals surface area contributed by atoms with Crippen LogP contribution in [0.25, 0.3) is 11.3 Å². The van der Waals surface area contributed by atoms with Crippen LogP contribution in [0.3, 0.4) is 0 Å². The van der Waals surface area contributed by atoms with Crippen molar-refractivity contribution in [2.24, 2.45) is 0 Å². The number of methoxy groups -OCH3 is 2. The Hall–Kier alpha value is -3.37. The molecule has 1 saturated carbocycles. The highest BCUT2D eigenvalue weighted by atomic mass is 19.1. The normalized spacial score (nSPS) is 17.2. The van der Waals surface area contributed by atoms with Gasteiger partial charge in [-0.05, 0) is 31.0 Å². The summed E-state index contributed by atoms with van der Waals surface area (Å²) in [5, 5.41) is 7.49. The first-order chi connectivity index (χ1) is 17.9. The third kappa shape index (κ3) is 5.08. The van der Waals surface area contributed by atoms with Gasteiger partial charge in [0, 0.05) is 36.6 Å². The summed E-state index contributed by atoms with van der Waals surface area (Å²) >= 11 is 0. The van der Waals surface area contributed by atoms with Gasteiger partial charge in [-0.25, -0.2) is 4.39 Å². The van der Waals surface area contributed by atoms with E-state index in [2.05, 4.69) is 10.4 Å². The molecule has 2 aliphatic rings. The van der Waals surface area contributed by atoms with E-state index in [4.69, 9.17) is 26.8 Å².